The van der Waals surface area contributed by atoms with Gasteiger partial charge in [-0.1, -0.05) is 20.3 Å². The Hall–Kier alpha value is -0.160. The van der Waals surface area contributed by atoms with Gasteiger partial charge in [0, 0.05) is 25.2 Å². The summed E-state index contributed by atoms with van der Waals surface area (Å²) in [6.07, 6.45) is 3.26. The zero-order valence-electron chi connectivity index (χ0n) is 10.7. The van der Waals surface area contributed by atoms with Crippen LogP contribution in [0.4, 0.5) is 0 Å². The number of nitrogens with one attached hydrogen (secondary N) is 1. The van der Waals surface area contributed by atoms with E-state index in [9.17, 15) is 0 Å². The van der Waals surface area contributed by atoms with Crippen molar-refractivity contribution in [3.63, 3.8) is 0 Å². The number of rotatable bonds is 11. The molecule has 0 bridgehead atoms. The normalized spacial score (nSPS) is 12.0. The molecule has 0 aliphatic heterocycles. The van der Waals surface area contributed by atoms with E-state index in [0.29, 0.717) is 6.54 Å². The van der Waals surface area contributed by atoms with Crippen molar-refractivity contribution in [3.05, 3.63) is 0 Å². The monoisotopic (exact) mass is 233 g/mol. The Morgan fingerprint density at radius 1 is 1.12 bits per heavy atom. The van der Waals surface area contributed by atoms with Crippen LogP contribution in [0.1, 0.15) is 33.1 Å². The first-order valence-corrected chi connectivity index (χ1v) is 6.18. The summed E-state index contributed by atoms with van der Waals surface area (Å²) in [5.74, 6) is 0. The van der Waals surface area contributed by atoms with E-state index in [4.69, 9.17) is 14.9 Å². The predicted octanol–water partition coefficient (Wildman–Crippen LogP) is 0.774. The molecule has 16 heavy (non-hydrogen) atoms. The minimum Gasteiger partial charge on any atom is -0.396 e. The van der Waals surface area contributed by atoms with Crippen LogP contribution in [-0.2, 0) is 4.74 Å². The van der Waals surface area contributed by atoms with Gasteiger partial charge in [0.25, 0.3) is 0 Å². The fourth-order valence-corrected chi connectivity index (χ4v) is 1.20. The molecule has 0 unspecified atom stereocenters. The van der Waals surface area contributed by atoms with Crippen LogP contribution >= 0.6 is 0 Å². The maximum Gasteiger partial charge on any atom is 0.0518 e. The van der Waals surface area contributed by atoms with E-state index in [2.05, 4.69) is 12.2 Å². The third kappa shape index (κ3) is 8.05. The molecule has 0 radical (unpaired) electrons. The summed E-state index contributed by atoms with van der Waals surface area (Å²) < 4.78 is 5.42. The SMILES string of the molecule is CCCCOCCCNCC(C)(CO)CO. The Labute approximate surface area is 99.0 Å². The van der Waals surface area contributed by atoms with E-state index in [1.807, 2.05) is 6.92 Å². The van der Waals surface area contributed by atoms with Gasteiger partial charge in [-0.2, -0.15) is 0 Å². The average molecular weight is 233 g/mol. The molecule has 0 amide bonds. The van der Waals surface area contributed by atoms with Crippen molar-refractivity contribution in [2.24, 2.45) is 5.41 Å². The highest BCUT2D eigenvalue weighted by Gasteiger charge is 2.21. The number of hydrogen-bond donors (Lipinski definition) is 3. The minimum atomic E-state index is -0.414. The van der Waals surface area contributed by atoms with Crippen molar-refractivity contribution in [1.82, 2.24) is 5.32 Å². The Morgan fingerprint density at radius 3 is 2.31 bits per heavy atom. The summed E-state index contributed by atoms with van der Waals surface area (Å²) in [5, 5.41) is 21.3. The van der Waals surface area contributed by atoms with E-state index in [1.165, 1.54) is 6.42 Å². The summed E-state index contributed by atoms with van der Waals surface area (Å²) in [6.45, 7) is 7.14. The fraction of sp³-hybridized carbons (Fsp3) is 1.00. The lowest BCUT2D eigenvalue weighted by Gasteiger charge is -2.24. The second-order valence-electron chi connectivity index (χ2n) is 4.62. The summed E-state index contributed by atoms with van der Waals surface area (Å²) in [5.41, 5.74) is -0.414. The molecule has 0 rings (SSSR count). The molecule has 0 aliphatic rings. The van der Waals surface area contributed by atoms with Crippen LogP contribution in [0.15, 0.2) is 0 Å². The van der Waals surface area contributed by atoms with Crippen molar-refractivity contribution in [3.8, 4) is 0 Å². The summed E-state index contributed by atoms with van der Waals surface area (Å²) in [6, 6.07) is 0. The standard InChI is InChI=1S/C12H27NO3/c1-3-4-7-16-8-5-6-13-9-12(2,10-14)11-15/h13-15H,3-11H2,1-2H3. The minimum absolute atomic E-state index is 0.00347. The zero-order chi connectivity index (χ0) is 12.3. The van der Waals surface area contributed by atoms with Crippen LogP contribution in [0, 0.1) is 5.41 Å². The van der Waals surface area contributed by atoms with Crippen LogP contribution < -0.4 is 5.32 Å². The average Bonchev–Trinajstić information content (AvgIpc) is 2.32. The summed E-state index contributed by atoms with van der Waals surface area (Å²) in [4.78, 5) is 0. The van der Waals surface area contributed by atoms with Crippen molar-refractivity contribution in [1.29, 1.82) is 0 Å². The summed E-state index contributed by atoms with van der Waals surface area (Å²) in [7, 11) is 0. The first kappa shape index (κ1) is 15.8. The largest absolute Gasteiger partial charge is 0.396 e. The van der Waals surface area contributed by atoms with E-state index >= 15 is 0 Å². The Morgan fingerprint density at radius 2 is 1.75 bits per heavy atom. The van der Waals surface area contributed by atoms with Crippen LogP contribution in [0.5, 0.6) is 0 Å². The molecular formula is C12H27NO3. The lowest BCUT2D eigenvalue weighted by Crippen LogP contribution is -2.38. The highest BCUT2D eigenvalue weighted by Crippen LogP contribution is 2.11. The van der Waals surface area contributed by atoms with Gasteiger partial charge < -0.3 is 20.3 Å². The molecule has 4 nitrogen and oxygen atoms in total. The van der Waals surface area contributed by atoms with Crippen LogP contribution in [0.3, 0.4) is 0 Å². The van der Waals surface area contributed by atoms with E-state index in [0.717, 1.165) is 32.6 Å². The van der Waals surface area contributed by atoms with Gasteiger partial charge in [-0.25, -0.2) is 0 Å². The second kappa shape index (κ2) is 10.0. The molecule has 98 valence electrons. The van der Waals surface area contributed by atoms with Gasteiger partial charge >= 0.3 is 0 Å². The highest BCUT2D eigenvalue weighted by atomic mass is 16.5. The van der Waals surface area contributed by atoms with E-state index < -0.39 is 5.41 Å². The van der Waals surface area contributed by atoms with Gasteiger partial charge in [0.05, 0.1) is 13.2 Å². The van der Waals surface area contributed by atoms with Gasteiger partial charge in [-0.3, -0.25) is 0 Å². The molecule has 0 spiro atoms. The molecule has 0 aromatic rings. The van der Waals surface area contributed by atoms with Crippen molar-refractivity contribution in [2.45, 2.75) is 33.1 Å². The molecule has 0 heterocycles. The molecule has 0 atom stereocenters. The van der Waals surface area contributed by atoms with E-state index in [-0.39, 0.29) is 13.2 Å². The van der Waals surface area contributed by atoms with Crippen molar-refractivity contribution >= 4 is 0 Å². The van der Waals surface area contributed by atoms with E-state index in [1.54, 1.807) is 0 Å². The van der Waals surface area contributed by atoms with Crippen molar-refractivity contribution in [2.75, 3.05) is 39.5 Å². The Balaban J connectivity index is 3.26. The zero-order valence-corrected chi connectivity index (χ0v) is 10.7. The highest BCUT2D eigenvalue weighted by molar-refractivity contribution is 4.74. The van der Waals surface area contributed by atoms with Gasteiger partial charge in [-0.15, -0.1) is 0 Å². The van der Waals surface area contributed by atoms with Gasteiger partial charge in [0.2, 0.25) is 0 Å². The molecule has 0 saturated heterocycles. The first-order chi connectivity index (χ1) is 7.68. The molecule has 0 fully saturated rings. The number of aliphatic hydroxyl groups excluding tert-OH is 2. The number of aliphatic hydroxyl groups is 2. The van der Waals surface area contributed by atoms with Gasteiger partial charge in [-0.05, 0) is 19.4 Å². The van der Waals surface area contributed by atoms with Crippen LogP contribution in [0.25, 0.3) is 0 Å². The smallest absolute Gasteiger partial charge is 0.0518 e. The Kier molecular flexibility index (Phi) is 9.92. The van der Waals surface area contributed by atoms with Gasteiger partial charge in [0.15, 0.2) is 0 Å². The maximum atomic E-state index is 9.06. The molecule has 0 saturated carbocycles. The fourth-order valence-electron chi connectivity index (χ4n) is 1.20. The Bertz CT molecular complexity index is 149. The lowest BCUT2D eigenvalue weighted by molar-refractivity contribution is 0.0687. The topological polar surface area (TPSA) is 61.7 Å². The number of hydrogen-bond acceptors (Lipinski definition) is 4. The predicted molar refractivity (Wildman–Crippen MR) is 65.5 cm³/mol. The molecular weight excluding hydrogens is 206 g/mol. The van der Waals surface area contributed by atoms with Gasteiger partial charge in [0.1, 0.15) is 0 Å². The molecule has 0 aromatic heterocycles. The number of ether oxygens (including phenoxy) is 1. The maximum absolute atomic E-state index is 9.06. The molecule has 4 heteroatoms. The lowest BCUT2D eigenvalue weighted by atomic mass is 9.93. The third-order valence-corrected chi connectivity index (χ3v) is 2.60. The van der Waals surface area contributed by atoms with Crippen LogP contribution in [0.2, 0.25) is 0 Å². The van der Waals surface area contributed by atoms with Crippen molar-refractivity contribution < 1.29 is 14.9 Å². The van der Waals surface area contributed by atoms with Crippen LogP contribution in [-0.4, -0.2) is 49.7 Å². The summed E-state index contributed by atoms with van der Waals surface area (Å²) >= 11 is 0. The molecule has 0 aromatic carbocycles. The first-order valence-electron chi connectivity index (χ1n) is 6.18. The third-order valence-electron chi connectivity index (χ3n) is 2.60. The number of unbranched alkanes of at least 4 members (excludes halogenated alkanes) is 1. The second-order valence-corrected chi connectivity index (χ2v) is 4.62. The molecule has 0 aliphatic carbocycles. The quantitative estimate of drug-likeness (QED) is 0.461. The molecule has 3 N–H and O–H groups in total.